The summed E-state index contributed by atoms with van der Waals surface area (Å²) in [5, 5.41) is 3.57. The molecule has 0 bridgehead atoms. The summed E-state index contributed by atoms with van der Waals surface area (Å²) >= 11 is 6.39. The summed E-state index contributed by atoms with van der Waals surface area (Å²) < 4.78 is 0. The van der Waals surface area contributed by atoms with Crippen molar-refractivity contribution in [2.24, 2.45) is 0 Å². The van der Waals surface area contributed by atoms with Crippen LogP contribution < -0.4 is 15.9 Å². The van der Waals surface area contributed by atoms with E-state index < -0.39 is 6.04 Å². The first-order valence-electron chi connectivity index (χ1n) is 8.52. The van der Waals surface area contributed by atoms with Gasteiger partial charge in [-0.25, -0.2) is 0 Å². The van der Waals surface area contributed by atoms with E-state index >= 15 is 0 Å². The molecule has 0 aliphatic heterocycles. The Morgan fingerprint density at radius 1 is 0.577 bits per heavy atom. The minimum Gasteiger partial charge on any atom is -0.256 e. The quantitative estimate of drug-likeness (QED) is 0.490. The summed E-state index contributed by atoms with van der Waals surface area (Å²) in [6.07, 6.45) is 1.88. The lowest BCUT2D eigenvalue weighted by molar-refractivity contribution is 1.34. The molecule has 0 fully saturated rings. The summed E-state index contributed by atoms with van der Waals surface area (Å²) in [7, 11) is 0. The molecule has 0 saturated heterocycles. The van der Waals surface area contributed by atoms with Gasteiger partial charge in [-0.2, -0.15) is 0 Å². The number of aromatic nitrogens is 1. The molecule has 0 spiro atoms. The number of benzene rings is 3. The molecule has 0 radical (unpaired) electrons. The van der Waals surface area contributed by atoms with Gasteiger partial charge in [0.2, 0.25) is 0 Å². The fourth-order valence-electron chi connectivity index (χ4n) is 3.11. The van der Waals surface area contributed by atoms with E-state index in [9.17, 15) is 0 Å². The van der Waals surface area contributed by atoms with Gasteiger partial charge in [-0.15, -0.1) is 0 Å². The van der Waals surface area contributed by atoms with Crippen molar-refractivity contribution in [3.8, 4) is 11.3 Å². The van der Waals surface area contributed by atoms with Crippen molar-refractivity contribution in [1.29, 1.82) is 0 Å². The van der Waals surface area contributed by atoms with Crippen LogP contribution in [0.1, 0.15) is 0 Å². The van der Waals surface area contributed by atoms with Gasteiger partial charge >= 0.3 is 0 Å². The first-order chi connectivity index (χ1) is 12.8. The highest BCUT2D eigenvalue weighted by Gasteiger charge is 2.25. The van der Waals surface area contributed by atoms with E-state index in [-0.39, 0.29) is 0 Å². The minimum absolute atomic E-state index is 0.962. The van der Waals surface area contributed by atoms with Gasteiger partial charge in [0.25, 0.3) is 0 Å². The van der Waals surface area contributed by atoms with Crippen molar-refractivity contribution in [2.75, 3.05) is 0 Å². The molecular weight excluding hydrogens is 353 g/mol. The first kappa shape index (κ1) is 16.9. The van der Waals surface area contributed by atoms with Crippen molar-refractivity contribution >= 4 is 33.8 Å². The Balaban J connectivity index is 1.93. The molecule has 0 atom stereocenters. The topological polar surface area (TPSA) is 12.9 Å². The molecule has 0 amide bonds. The molecule has 4 rings (SSSR count). The molecular formula is C23H18NPS. The maximum atomic E-state index is 6.39. The summed E-state index contributed by atoms with van der Waals surface area (Å²) in [5.41, 5.74) is 2.07. The zero-order chi connectivity index (χ0) is 17.8. The number of hydrogen-bond donors (Lipinski definition) is 0. The summed E-state index contributed by atoms with van der Waals surface area (Å²) in [6, 6.07) is 33.3. The molecule has 26 heavy (non-hydrogen) atoms. The number of pyridine rings is 1. The van der Waals surface area contributed by atoms with Crippen LogP contribution in [-0.2, 0) is 11.8 Å². The lowest BCUT2D eigenvalue weighted by Gasteiger charge is -2.24. The van der Waals surface area contributed by atoms with Crippen molar-refractivity contribution in [1.82, 2.24) is 4.98 Å². The van der Waals surface area contributed by atoms with E-state index in [0.29, 0.717) is 0 Å². The molecule has 0 saturated carbocycles. The second kappa shape index (κ2) is 7.37. The smallest absolute Gasteiger partial charge is 0.0708 e. The van der Waals surface area contributed by atoms with Crippen molar-refractivity contribution < 1.29 is 0 Å². The van der Waals surface area contributed by atoms with Crippen LogP contribution in [-0.4, -0.2) is 4.98 Å². The highest BCUT2D eigenvalue weighted by Crippen LogP contribution is 2.43. The standard InChI is InChI=1S/C23H18NPS/c26-25(20-12-6-2-7-13-20,21-14-8-3-9-15-21)22-16-17-24-23(18-22)19-10-4-1-5-11-19/h1-18H. The summed E-state index contributed by atoms with van der Waals surface area (Å²) in [6.45, 7) is 0. The molecule has 1 nitrogen and oxygen atoms in total. The molecule has 126 valence electrons. The van der Waals surface area contributed by atoms with Gasteiger partial charge in [0, 0.05) is 17.8 Å². The maximum absolute atomic E-state index is 6.39. The molecule has 1 heterocycles. The first-order valence-corrected chi connectivity index (χ1v) is 11.3. The molecule has 0 aliphatic rings. The second-order valence-electron chi connectivity index (χ2n) is 6.05. The number of nitrogens with zero attached hydrogens (tertiary/aromatic N) is 1. The van der Waals surface area contributed by atoms with Crippen LogP contribution in [0.2, 0.25) is 0 Å². The van der Waals surface area contributed by atoms with Crippen LogP contribution in [0.4, 0.5) is 0 Å². The van der Waals surface area contributed by atoms with Crippen molar-refractivity contribution in [3.63, 3.8) is 0 Å². The Labute approximate surface area is 159 Å². The zero-order valence-electron chi connectivity index (χ0n) is 14.2. The molecule has 0 N–H and O–H groups in total. The van der Waals surface area contributed by atoms with Crippen LogP contribution in [0.15, 0.2) is 109 Å². The van der Waals surface area contributed by atoms with E-state index in [0.717, 1.165) is 11.3 Å². The third kappa shape index (κ3) is 3.14. The van der Waals surface area contributed by atoms with Crippen LogP contribution in [0.25, 0.3) is 11.3 Å². The van der Waals surface area contributed by atoms with Crippen molar-refractivity contribution in [2.45, 2.75) is 0 Å². The van der Waals surface area contributed by atoms with Gasteiger partial charge in [0.1, 0.15) is 0 Å². The molecule has 0 unspecified atom stereocenters. The van der Waals surface area contributed by atoms with Gasteiger partial charge in [-0.3, -0.25) is 4.98 Å². The van der Waals surface area contributed by atoms with Gasteiger partial charge in [0.05, 0.1) is 5.69 Å². The van der Waals surface area contributed by atoms with Gasteiger partial charge in [-0.1, -0.05) is 103 Å². The summed E-state index contributed by atoms with van der Waals surface area (Å²) in [4.78, 5) is 4.58. The highest BCUT2D eigenvalue weighted by atomic mass is 32.4. The molecule has 1 aromatic heterocycles. The van der Waals surface area contributed by atoms with E-state index in [2.05, 4.69) is 77.8 Å². The molecule has 3 aromatic carbocycles. The largest absolute Gasteiger partial charge is 0.256 e. The highest BCUT2D eigenvalue weighted by molar-refractivity contribution is 8.25. The average Bonchev–Trinajstić information content (AvgIpc) is 2.75. The Bertz CT molecular complexity index is 1000. The minimum atomic E-state index is -2.13. The Morgan fingerprint density at radius 2 is 1.08 bits per heavy atom. The van der Waals surface area contributed by atoms with Crippen LogP contribution in [0.5, 0.6) is 0 Å². The normalized spacial score (nSPS) is 11.2. The van der Waals surface area contributed by atoms with Gasteiger partial charge < -0.3 is 0 Å². The Hall–Kier alpha value is -2.54. The fourth-order valence-corrected chi connectivity index (χ4v) is 6.84. The monoisotopic (exact) mass is 371 g/mol. The molecule has 3 heteroatoms. The van der Waals surface area contributed by atoms with Crippen molar-refractivity contribution in [3.05, 3.63) is 109 Å². The maximum Gasteiger partial charge on any atom is 0.0708 e. The third-order valence-electron chi connectivity index (χ3n) is 4.42. The van der Waals surface area contributed by atoms with Crippen LogP contribution >= 0.6 is 6.04 Å². The average molecular weight is 371 g/mol. The predicted molar refractivity (Wildman–Crippen MR) is 116 cm³/mol. The van der Waals surface area contributed by atoms with Crippen LogP contribution in [0, 0.1) is 0 Å². The van der Waals surface area contributed by atoms with E-state index in [1.807, 2.05) is 36.5 Å². The number of hydrogen-bond acceptors (Lipinski definition) is 2. The van der Waals surface area contributed by atoms with Gasteiger partial charge in [-0.05, 0) is 28.0 Å². The predicted octanol–water partition coefficient (Wildman–Crippen LogP) is 4.50. The lowest BCUT2D eigenvalue weighted by atomic mass is 10.1. The molecule has 0 aliphatic carbocycles. The van der Waals surface area contributed by atoms with E-state index in [4.69, 9.17) is 11.8 Å². The Morgan fingerprint density at radius 3 is 1.62 bits per heavy atom. The lowest BCUT2D eigenvalue weighted by Crippen LogP contribution is -2.25. The number of rotatable bonds is 4. The second-order valence-corrected chi connectivity index (χ2v) is 10.5. The molecule has 4 aromatic rings. The summed E-state index contributed by atoms with van der Waals surface area (Å²) in [5.74, 6) is 0. The zero-order valence-corrected chi connectivity index (χ0v) is 15.9. The third-order valence-corrected chi connectivity index (χ3v) is 9.37. The van der Waals surface area contributed by atoms with E-state index in [1.54, 1.807) is 0 Å². The Kier molecular flexibility index (Phi) is 4.79. The van der Waals surface area contributed by atoms with E-state index in [1.165, 1.54) is 15.9 Å². The fraction of sp³-hybridized carbons (Fsp3) is 0. The van der Waals surface area contributed by atoms with Crippen LogP contribution in [0.3, 0.4) is 0 Å². The van der Waals surface area contributed by atoms with Gasteiger partial charge in [0.15, 0.2) is 0 Å². The SMILES string of the molecule is S=P(c1ccccc1)(c1ccccc1)c1ccnc(-c2ccccc2)c1.